The number of hydrogen-bond acceptors (Lipinski definition) is 4. The molecule has 2 rings (SSSR count). The molecule has 0 bridgehead atoms. The van der Waals surface area contributed by atoms with Gasteiger partial charge in [-0.3, -0.25) is 4.79 Å². The molecule has 0 radical (unpaired) electrons. The normalized spacial score (nSPS) is 21.6. The summed E-state index contributed by atoms with van der Waals surface area (Å²) in [4.78, 5) is 29.7. The molecule has 0 aliphatic carbocycles. The fourth-order valence-electron chi connectivity index (χ4n) is 4.45. The van der Waals surface area contributed by atoms with Crippen LogP contribution >= 0.6 is 0 Å². The second kappa shape index (κ2) is 9.95. The highest BCUT2D eigenvalue weighted by Crippen LogP contribution is 2.32. The van der Waals surface area contributed by atoms with Crippen LogP contribution in [0.15, 0.2) is 0 Å². The molecule has 2 aliphatic heterocycles. The van der Waals surface area contributed by atoms with Gasteiger partial charge in [-0.25, -0.2) is 4.79 Å². The molecule has 6 heteroatoms. The molecular weight excluding hydrogens is 354 g/mol. The van der Waals surface area contributed by atoms with Gasteiger partial charge in [0, 0.05) is 13.1 Å². The van der Waals surface area contributed by atoms with Crippen molar-refractivity contribution in [3.05, 3.63) is 0 Å². The van der Waals surface area contributed by atoms with Crippen molar-refractivity contribution < 1.29 is 14.3 Å². The minimum Gasteiger partial charge on any atom is -0.444 e. The van der Waals surface area contributed by atoms with E-state index in [1.165, 1.54) is 25.9 Å². The Morgan fingerprint density at radius 2 is 1.50 bits per heavy atom. The summed E-state index contributed by atoms with van der Waals surface area (Å²) < 4.78 is 5.37. The molecule has 0 aromatic heterocycles. The molecule has 28 heavy (non-hydrogen) atoms. The number of likely N-dealkylation sites (tertiary alicyclic amines) is 2. The number of rotatable bonds is 5. The summed E-state index contributed by atoms with van der Waals surface area (Å²) in [7, 11) is 2.20. The average Bonchev–Trinajstić information content (AvgIpc) is 2.59. The second-order valence-electron chi connectivity index (χ2n) is 10.1. The molecule has 2 aliphatic rings. The van der Waals surface area contributed by atoms with Crippen LogP contribution in [0, 0.1) is 17.8 Å². The average molecular weight is 396 g/mol. The van der Waals surface area contributed by atoms with E-state index < -0.39 is 17.7 Å². The van der Waals surface area contributed by atoms with Gasteiger partial charge < -0.3 is 19.9 Å². The molecule has 2 heterocycles. The largest absolute Gasteiger partial charge is 0.444 e. The van der Waals surface area contributed by atoms with Crippen molar-refractivity contribution in [2.45, 2.75) is 78.4 Å². The number of nitrogens with zero attached hydrogens (tertiary/aromatic N) is 2. The molecule has 0 aromatic rings. The van der Waals surface area contributed by atoms with Crippen LogP contribution in [0.2, 0.25) is 0 Å². The van der Waals surface area contributed by atoms with Crippen LogP contribution in [0.25, 0.3) is 0 Å². The first-order chi connectivity index (χ1) is 13.0. The van der Waals surface area contributed by atoms with E-state index in [2.05, 4.69) is 31.1 Å². The molecule has 0 unspecified atom stereocenters. The summed E-state index contributed by atoms with van der Waals surface area (Å²) in [5.41, 5.74) is -0.568. The number of nitrogens with one attached hydrogen (secondary N) is 1. The van der Waals surface area contributed by atoms with E-state index >= 15 is 0 Å². The van der Waals surface area contributed by atoms with Crippen molar-refractivity contribution in [3.63, 3.8) is 0 Å². The zero-order valence-electron chi connectivity index (χ0n) is 18.8. The fraction of sp³-hybridized carbons (Fsp3) is 0.909. The lowest BCUT2D eigenvalue weighted by molar-refractivity contribution is -0.135. The van der Waals surface area contributed by atoms with Gasteiger partial charge in [-0.1, -0.05) is 13.8 Å². The maximum atomic E-state index is 13.1. The third-order valence-electron chi connectivity index (χ3n) is 5.98. The van der Waals surface area contributed by atoms with Gasteiger partial charge in [0.25, 0.3) is 0 Å². The molecule has 2 saturated heterocycles. The van der Waals surface area contributed by atoms with Crippen molar-refractivity contribution in [2.24, 2.45) is 17.8 Å². The SMILES string of the molecule is CC(C)C[C@@H](NC(=O)OC(C)(C)C)C(=O)N1CCC(C2CCN(C)CC2)CC1. The Hall–Kier alpha value is -1.30. The standard InChI is InChI=1S/C22H41N3O3/c1-16(2)15-19(23-21(27)28-22(3,4)5)20(26)25-13-9-18(10-14-25)17-7-11-24(6)12-8-17/h16-19H,7-15H2,1-6H3,(H,23,27)/t19-/m1/s1. The highest BCUT2D eigenvalue weighted by Gasteiger charge is 2.33. The van der Waals surface area contributed by atoms with Gasteiger partial charge in [0.15, 0.2) is 0 Å². The summed E-state index contributed by atoms with van der Waals surface area (Å²) in [5.74, 6) is 1.90. The molecule has 1 N–H and O–H groups in total. The fourth-order valence-corrected chi connectivity index (χ4v) is 4.45. The quantitative estimate of drug-likeness (QED) is 0.774. The first kappa shape index (κ1) is 23.0. The Morgan fingerprint density at radius 3 is 1.96 bits per heavy atom. The minimum absolute atomic E-state index is 0.0430. The molecule has 0 aromatic carbocycles. The lowest BCUT2D eigenvalue weighted by atomic mass is 9.79. The topological polar surface area (TPSA) is 61.9 Å². The van der Waals surface area contributed by atoms with Crippen LogP contribution in [-0.2, 0) is 9.53 Å². The number of carbonyl (C=O) groups is 2. The van der Waals surface area contributed by atoms with Crippen molar-refractivity contribution in [3.8, 4) is 0 Å². The first-order valence-electron chi connectivity index (χ1n) is 11.0. The summed E-state index contributed by atoms with van der Waals surface area (Å²) in [6.07, 6.45) is 4.86. The summed E-state index contributed by atoms with van der Waals surface area (Å²) in [6.45, 7) is 13.6. The Bertz CT molecular complexity index is 514. The highest BCUT2D eigenvalue weighted by atomic mass is 16.6. The van der Waals surface area contributed by atoms with Gasteiger partial charge in [-0.15, -0.1) is 0 Å². The van der Waals surface area contributed by atoms with E-state index in [0.717, 1.165) is 37.8 Å². The van der Waals surface area contributed by atoms with Gasteiger partial charge in [0.1, 0.15) is 11.6 Å². The van der Waals surface area contributed by atoms with Gasteiger partial charge in [-0.2, -0.15) is 0 Å². The summed E-state index contributed by atoms with van der Waals surface area (Å²) in [6, 6.07) is -0.505. The molecule has 162 valence electrons. The highest BCUT2D eigenvalue weighted by molar-refractivity contribution is 5.85. The van der Waals surface area contributed by atoms with E-state index in [1.807, 2.05) is 25.7 Å². The number of ether oxygens (including phenoxy) is 1. The van der Waals surface area contributed by atoms with Crippen LogP contribution < -0.4 is 5.32 Å². The molecule has 0 saturated carbocycles. The predicted molar refractivity (Wildman–Crippen MR) is 112 cm³/mol. The van der Waals surface area contributed by atoms with Crippen molar-refractivity contribution >= 4 is 12.0 Å². The number of piperidine rings is 2. The van der Waals surface area contributed by atoms with Gasteiger partial charge in [-0.05, 0) is 90.8 Å². The Balaban J connectivity index is 1.89. The van der Waals surface area contributed by atoms with Crippen LogP contribution in [0.4, 0.5) is 4.79 Å². The molecule has 2 amide bonds. The lowest BCUT2D eigenvalue weighted by Crippen LogP contribution is -2.52. The van der Waals surface area contributed by atoms with Crippen molar-refractivity contribution in [1.29, 1.82) is 0 Å². The van der Waals surface area contributed by atoms with Crippen LogP contribution in [0.3, 0.4) is 0 Å². The zero-order chi connectivity index (χ0) is 20.9. The van der Waals surface area contributed by atoms with E-state index in [4.69, 9.17) is 4.74 Å². The minimum atomic E-state index is -0.568. The predicted octanol–water partition coefficient (Wildman–Crippen LogP) is 3.51. The Morgan fingerprint density at radius 1 is 1.00 bits per heavy atom. The van der Waals surface area contributed by atoms with E-state index in [1.54, 1.807) is 0 Å². The van der Waals surface area contributed by atoms with Crippen molar-refractivity contribution in [1.82, 2.24) is 15.1 Å². The van der Waals surface area contributed by atoms with E-state index in [-0.39, 0.29) is 5.91 Å². The molecular formula is C22H41N3O3. The smallest absolute Gasteiger partial charge is 0.408 e. The molecule has 2 fully saturated rings. The van der Waals surface area contributed by atoms with Crippen LogP contribution in [-0.4, -0.2) is 66.7 Å². The number of carbonyl (C=O) groups excluding carboxylic acids is 2. The van der Waals surface area contributed by atoms with E-state index in [9.17, 15) is 9.59 Å². The van der Waals surface area contributed by atoms with E-state index in [0.29, 0.717) is 12.3 Å². The van der Waals surface area contributed by atoms with Crippen molar-refractivity contribution in [2.75, 3.05) is 33.2 Å². The molecule has 1 atom stereocenters. The maximum absolute atomic E-state index is 13.1. The van der Waals surface area contributed by atoms with Crippen LogP contribution in [0.1, 0.15) is 66.7 Å². The Kier molecular flexibility index (Phi) is 8.17. The monoisotopic (exact) mass is 395 g/mol. The van der Waals surface area contributed by atoms with Gasteiger partial charge >= 0.3 is 6.09 Å². The number of alkyl carbamates (subject to hydrolysis) is 1. The lowest BCUT2D eigenvalue weighted by Gasteiger charge is -2.40. The number of hydrogen-bond donors (Lipinski definition) is 1. The van der Waals surface area contributed by atoms with Gasteiger partial charge in [0.2, 0.25) is 5.91 Å². The summed E-state index contributed by atoms with van der Waals surface area (Å²) in [5, 5.41) is 2.82. The summed E-state index contributed by atoms with van der Waals surface area (Å²) >= 11 is 0. The second-order valence-corrected chi connectivity index (χ2v) is 10.1. The Labute approximate surface area is 171 Å². The number of amides is 2. The van der Waals surface area contributed by atoms with Gasteiger partial charge in [0.05, 0.1) is 0 Å². The zero-order valence-corrected chi connectivity index (χ0v) is 18.8. The van der Waals surface area contributed by atoms with Crippen LogP contribution in [0.5, 0.6) is 0 Å². The third kappa shape index (κ3) is 7.26. The maximum Gasteiger partial charge on any atom is 0.408 e. The third-order valence-corrected chi connectivity index (χ3v) is 5.98. The molecule has 6 nitrogen and oxygen atoms in total. The molecule has 0 spiro atoms. The first-order valence-corrected chi connectivity index (χ1v) is 11.0.